The number of hydrogen-bond donors (Lipinski definition) is 0. The van der Waals surface area contributed by atoms with Gasteiger partial charge in [0.2, 0.25) is 5.89 Å². The molecule has 0 spiro atoms. The van der Waals surface area contributed by atoms with E-state index in [-0.39, 0.29) is 5.04 Å². The first kappa shape index (κ1) is 32.6. The average molecular weight is 587 g/mol. The van der Waals surface area contributed by atoms with Crippen LogP contribution in [-0.4, -0.2) is 71.7 Å². The summed E-state index contributed by atoms with van der Waals surface area (Å²) < 4.78 is 34.6. The van der Waals surface area contributed by atoms with Gasteiger partial charge in [-0.3, -0.25) is 4.90 Å². The molecule has 0 fully saturated rings. The number of fused-ring (bicyclic) bond motifs is 1. The molecule has 0 saturated heterocycles. The Morgan fingerprint density at radius 2 is 1.49 bits per heavy atom. The zero-order valence-electron chi connectivity index (χ0n) is 26.0. The quantitative estimate of drug-likeness (QED) is 0.152. The van der Waals surface area contributed by atoms with Crippen molar-refractivity contribution in [3.8, 4) is 17.2 Å². The molecule has 41 heavy (non-hydrogen) atoms. The van der Waals surface area contributed by atoms with E-state index in [0.29, 0.717) is 68.1 Å². The highest BCUT2D eigenvalue weighted by molar-refractivity contribution is 6.74. The van der Waals surface area contributed by atoms with Crippen molar-refractivity contribution in [3.05, 3.63) is 42.5 Å². The van der Waals surface area contributed by atoms with Crippen LogP contribution in [0.5, 0.6) is 5.75 Å². The largest absolute Gasteiger partial charge is 0.491 e. The van der Waals surface area contributed by atoms with Crippen molar-refractivity contribution in [2.45, 2.75) is 65.3 Å². The monoisotopic (exact) mass is 586 g/mol. The van der Waals surface area contributed by atoms with E-state index < -0.39 is 20.0 Å². The molecule has 3 aromatic rings. The first-order chi connectivity index (χ1) is 19.2. The summed E-state index contributed by atoms with van der Waals surface area (Å²) in [6.45, 7) is 19.8. The summed E-state index contributed by atoms with van der Waals surface area (Å²) in [6, 6.07) is 12.9. The lowest BCUT2D eigenvalue weighted by molar-refractivity contribution is 0.0260. The van der Waals surface area contributed by atoms with Crippen LogP contribution in [0.2, 0.25) is 18.1 Å². The van der Waals surface area contributed by atoms with E-state index in [2.05, 4.69) is 38.8 Å². The fourth-order valence-corrected chi connectivity index (χ4v) is 4.52. The van der Waals surface area contributed by atoms with Crippen molar-refractivity contribution in [3.63, 3.8) is 0 Å². The lowest BCUT2D eigenvalue weighted by Gasteiger charge is -2.36. The van der Waals surface area contributed by atoms with E-state index in [9.17, 15) is 4.79 Å². The summed E-state index contributed by atoms with van der Waals surface area (Å²) in [5.74, 6) is 1.18. The van der Waals surface area contributed by atoms with E-state index in [1.54, 1.807) is 7.05 Å². The van der Waals surface area contributed by atoms with Gasteiger partial charge in [0.1, 0.15) is 23.5 Å². The SMILES string of the molecule is CN(C(=O)OC(C)(C)C)c1ccc(-c2nc3cc(OCCOCCOCCO[Si](C)(C)C(C)(C)C)ccc3o2)cc1. The average Bonchev–Trinajstić information content (AvgIpc) is 3.31. The second kappa shape index (κ2) is 13.8. The molecule has 0 aliphatic carbocycles. The Morgan fingerprint density at radius 1 is 0.878 bits per heavy atom. The van der Waals surface area contributed by atoms with Crippen molar-refractivity contribution >= 4 is 31.2 Å². The van der Waals surface area contributed by atoms with Crippen LogP contribution >= 0.6 is 0 Å². The molecule has 0 N–H and O–H groups in total. The number of hydrogen-bond acceptors (Lipinski definition) is 8. The predicted octanol–water partition coefficient (Wildman–Crippen LogP) is 7.30. The molecule has 0 bridgehead atoms. The van der Waals surface area contributed by atoms with Gasteiger partial charge in [0.25, 0.3) is 0 Å². The number of anilines is 1. The third-order valence-corrected chi connectivity index (χ3v) is 11.4. The second-order valence-electron chi connectivity index (χ2n) is 12.4. The maximum Gasteiger partial charge on any atom is 0.414 e. The lowest BCUT2D eigenvalue weighted by Crippen LogP contribution is -2.41. The van der Waals surface area contributed by atoms with E-state index in [0.717, 1.165) is 5.56 Å². The summed E-state index contributed by atoms with van der Waals surface area (Å²) in [5, 5.41) is 0.201. The highest BCUT2D eigenvalue weighted by Crippen LogP contribution is 2.36. The summed E-state index contributed by atoms with van der Waals surface area (Å²) >= 11 is 0. The number of oxazole rings is 1. The molecule has 0 aliphatic heterocycles. The lowest BCUT2D eigenvalue weighted by atomic mass is 10.2. The van der Waals surface area contributed by atoms with Gasteiger partial charge in [-0.05, 0) is 75.3 Å². The molecule has 2 aromatic carbocycles. The molecule has 0 saturated carbocycles. The van der Waals surface area contributed by atoms with Gasteiger partial charge in [-0.1, -0.05) is 20.8 Å². The molecule has 0 aliphatic rings. The number of ether oxygens (including phenoxy) is 4. The summed E-state index contributed by atoms with van der Waals surface area (Å²) in [4.78, 5) is 18.4. The standard InChI is InChI=1S/C31H46N2O7Si/c1-30(2,3)40-29(34)33(7)24-12-10-23(11-13-24)28-32-26-22-25(14-15-27(26)39-28)37-20-18-35-16-17-36-19-21-38-41(8,9)31(4,5)6/h10-15,22H,16-21H2,1-9H3. The van der Waals surface area contributed by atoms with Crippen molar-refractivity contribution in [2.24, 2.45) is 0 Å². The van der Waals surface area contributed by atoms with Crippen molar-refractivity contribution in [2.75, 3.05) is 51.6 Å². The van der Waals surface area contributed by atoms with Gasteiger partial charge in [-0.2, -0.15) is 0 Å². The summed E-state index contributed by atoms with van der Waals surface area (Å²) in [5.41, 5.74) is 2.30. The first-order valence-corrected chi connectivity index (χ1v) is 17.0. The highest BCUT2D eigenvalue weighted by atomic mass is 28.4. The topological polar surface area (TPSA) is 92.5 Å². The zero-order chi connectivity index (χ0) is 30.3. The van der Waals surface area contributed by atoms with Crippen LogP contribution in [-0.2, 0) is 18.6 Å². The number of aromatic nitrogens is 1. The Morgan fingerprint density at radius 3 is 2.10 bits per heavy atom. The molecule has 1 heterocycles. The van der Waals surface area contributed by atoms with Crippen LogP contribution in [0.3, 0.4) is 0 Å². The second-order valence-corrected chi connectivity index (χ2v) is 17.2. The Labute approximate surface area is 245 Å². The van der Waals surface area contributed by atoms with E-state index in [4.69, 9.17) is 27.8 Å². The van der Waals surface area contributed by atoms with Crippen LogP contribution in [0.15, 0.2) is 46.9 Å². The summed E-state index contributed by atoms with van der Waals surface area (Å²) in [6.07, 6.45) is -0.416. The normalized spacial score (nSPS) is 12.5. The number of nitrogens with zero attached hydrogens (tertiary/aromatic N) is 2. The van der Waals surface area contributed by atoms with Crippen molar-refractivity contribution in [1.29, 1.82) is 0 Å². The molecule has 0 atom stereocenters. The Bertz CT molecular complexity index is 1260. The minimum absolute atomic E-state index is 0.201. The minimum atomic E-state index is -1.73. The van der Waals surface area contributed by atoms with E-state index in [1.807, 2.05) is 63.2 Å². The molecular weight excluding hydrogens is 540 g/mol. The predicted molar refractivity (Wildman–Crippen MR) is 164 cm³/mol. The number of carbonyl (C=O) groups excluding carboxylic acids is 1. The number of rotatable bonds is 13. The fraction of sp³-hybridized carbons (Fsp3) is 0.548. The Kier molecular flexibility index (Phi) is 11.0. The fourth-order valence-electron chi connectivity index (χ4n) is 3.50. The molecular formula is C31H46N2O7Si. The van der Waals surface area contributed by atoms with Crippen LogP contribution in [0, 0.1) is 0 Å². The summed E-state index contributed by atoms with van der Waals surface area (Å²) in [7, 11) is -0.0494. The maximum atomic E-state index is 12.3. The Balaban J connectivity index is 1.40. The van der Waals surface area contributed by atoms with Gasteiger partial charge < -0.3 is 27.8 Å². The molecule has 3 rings (SSSR count). The van der Waals surface area contributed by atoms with E-state index >= 15 is 0 Å². The zero-order valence-corrected chi connectivity index (χ0v) is 27.0. The van der Waals surface area contributed by atoms with Gasteiger partial charge in [0, 0.05) is 24.4 Å². The maximum absolute atomic E-state index is 12.3. The number of amides is 1. The molecule has 226 valence electrons. The molecule has 1 amide bonds. The van der Waals surface area contributed by atoms with Crippen LogP contribution < -0.4 is 9.64 Å². The molecule has 10 heteroatoms. The molecule has 0 radical (unpaired) electrons. The third-order valence-electron chi connectivity index (χ3n) is 6.89. The van der Waals surface area contributed by atoms with Crippen molar-refractivity contribution < 1.29 is 32.6 Å². The molecule has 9 nitrogen and oxygen atoms in total. The van der Waals surface area contributed by atoms with Crippen LogP contribution in [0.25, 0.3) is 22.6 Å². The number of benzene rings is 2. The smallest absolute Gasteiger partial charge is 0.414 e. The van der Waals surface area contributed by atoms with Gasteiger partial charge in [-0.15, -0.1) is 0 Å². The molecule has 0 unspecified atom stereocenters. The third kappa shape index (κ3) is 9.84. The van der Waals surface area contributed by atoms with Gasteiger partial charge in [0.15, 0.2) is 13.9 Å². The van der Waals surface area contributed by atoms with E-state index in [1.165, 1.54) is 4.90 Å². The molecule has 1 aromatic heterocycles. The van der Waals surface area contributed by atoms with Gasteiger partial charge >= 0.3 is 6.09 Å². The van der Waals surface area contributed by atoms with Crippen LogP contribution in [0.1, 0.15) is 41.5 Å². The Hall–Kier alpha value is -2.92. The highest BCUT2D eigenvalue weighted by Gasteiger charge is 2.36. The van der Waals surface area contributed by atoms with Crippen molar-refractivity contribution in [1.82, 2.24) is 4.98 Å². The van der Waals surface area contributed by atoms with Gasteiger partial charge in [0.05, 0.1) is 33.0 Å². The van der Waals surface area contributed by atoms with Crippen LogP contribution in [0.4, 0.5) is 10.5 Å². The number of carbonyl (C=O) groups is 1. The first-order valence-electron chi connectivity index (χ1n) is 14.1. The van der Waals surface area contributed by atoms with Gasteiger partial charge in [-0.25, -0.2) is 9.78 Å². The minimum Gasteiger partial charge on any atom is -0.491 e.